The zero-order valence-corrected chi connectivity index (χ0v) is 14.6. The summed E-state index contributed by atoms with van der Waals surface area (Å²) in [6.07, 6.45) is 2.19. The number of nitrogens with one attached hydrogen (secondary N) is 1. The predicted molar refractivity (Wildman–Crippen MR) is 94.7 cm³/mol. The summed E-state index contributed by atoms with van der Waals surface area (Å²) in [5, 5.41) is 13.7. The standard InChI is InChI=1S/C20H24FNO3/c1-24-19-10-14-5-8-17(9-15(14)11-20(19)25-2)22-12-18(23)13-3-6-16(21)7-4-13/h3-4,6-7,10-11,17-18,22-23H,5,8-9,12H2,1-2H3. The molecule has 0 fully saturated rings. The average molecular weight is 345 g/mol. The molecule has 2 aromatic rings. The van der Waals surface area contributed by atoms with Crippen LogP contribution in [-0.4, -0.2) is 31.9 Å². The fourth-order valence-corrected chi connectivity index (χ4v) is 3.34. The average Bonchev–Trinajstić information content (AvgIpc) is 2.65. The monoisotopic (exact) mass is 345 g/mol. The van der Waals surface area contributed by atoms with Gasteiger partial charge in [-0.15, -0.1) is 0 Å². The molecule has 5 heteroatoms. The Balaban J connectivity index is 1.62. The second-order valence-corrected chi connectivity index (χ2v) is 6.39. The quantitative estimate of drug-likeness (QED) is 0.845. The number of hydrogen-bond donors (Lipinski definition) is 2. The molecule has 1 aliphatic carbocycles. The first-order valence-corrected chi connectivity index (χ1v) is 8.51. The van der Waals surface area contributed by atoms with Gasteiger partial charge >= 0.3 is 0 Å². The molecule has 4 nitrogen and oxygen atoms in total. The molecule has 0 spiro atoms. The molecule has 2 atom stereocenters. The van der Waals surface area contributed by atoms with E-state index in [2.05, 4.69) is 11.4 Å². The van der Waals surface area contributed by atoms with E-state index in [4.69, 9.17) is 9.47 Å². The first kappa shape index (κ1) is 17.7. The van der Waals surface area contributed by atoms with Gasteiger partial charge < -0.3 is 19.9 Å². The summed E-state index contributed by atoms with van der Waals surface area (Å²) in [5.74, 6) is 1.21. The number of aliphatic hydroxyl groups is 1. The number of fused-ring (bicyclic) bond motifs is 1. The highest BCUT2D eigenvalue weighted by molar-refractivity contribution is 5.48. The lowest BCUT2D eigenvalue weighted by atomic mass is 9.87. The van der Waals surface area contributed by atoms with E-state index in [0.717, 1.165) is 36.3 Å². The third kappa shape index (κ3) is 4.11. The van der Waals surface area contributed by atoms with Crippen LogP contribution in [-0.2, 0) is 12.8 Å². The minimum atomic E-state index is -0.646. The van der Waals surface area contributed by atoms with E-state index in [1.165, 1.54) is 23.3 Å². The zero-order valence-electron chi connectivity index (χ0n) is 14.6. The third-order valence-electron chi connectivity index (χ3n) is 4.79. The van der Waals surface area contributed by atoms with Crippen LogP contribution >= 0.6 is 0 Å². The number of benzene rings is 2. The lowest BCUT2D eigenvalue weighted by Crippen LogP contribution is -2.37. The van der Waals surface area contributed by atoms with Crippen molar-refractivity contribution >= 4 is 0 Å². The molecule has 0 heterocycles. The molecule has 2 N–H and O–H groups in total. The van der Waals surface area contributed by atoms with Crippen molar-refractivity contribution in [3.63, 3.8) is 0 Å². The number of aryl methyl sites for hydroxylation is 1. The van der Waals surface area contributed by atoms with Gasteiger partial charge in [-0.05, 0) is 60.2 Å². The van der Waals surface area contributed by atoms with Gasteiger partial charge in [0.05, 0.1) is 20.3 Å². The highest BCUT2D eigenvalue weighted by Gasteiger charge is 2.21. The Morgan fingerprint density at radius 3 is 2.40 bits per heavy atom. The molecule has 0 saturated heterocycles. The summed E-state index contributed by atoms with van der Waals surface area (Å²) in [4.78, 5) is 0. The van der Waals surface area contributed by atoms with E-state index in [1.807, 2.05) is 6.07 Å². The first-order chi connectivity index (χ1) is 12.1. The summed E-state index contributed by atoms with van der Waals surface area (Å²) in [5.41, 5.74) is 3.25. The van der Waals surface area contributed by atoms with Crippen LogP contribution in [0.4, 0.5) is 4.39 Å². The van der Waals surface area contributed by atoms with E-state index >= 15 is 0 Å². The molecule has 0 aliphatic heterocycles. The van der Waals surface area contributed by atoms with Crippen molar-refractivity contribution < 1.29 is 19.0 Å². The summed E-state index contributed by atoms with van der Waals surface area (Å²) < 4.78 is 23.7. The van der Waals surface area contributed by atoms with Gasteiger partial charge in [-0.2, -0.15) is 0 Å². The van der Waals surface area contributed by atoms with Crippen molar-refractivity contribution in [3.8, 4) is 11.5 Å². The van der Waals surface area contributed by atoms with E-state index in [9.17, 15) is 9.50 Å². The second kappa shape index (κ2) is 7.85. The highest BCUT2D eigenvalue weighted by Crippen LogP contribution is 2.34. The number of halogens is 1. The van der Waals surface area contributed by atoms with Crippen LogP contribution in [0, 0.1) is 5.82 Å². The molecule has 1 aliphatic rings. The number of methoxy groups -OCH3 is 2. The summed E-state index contributed by atoms with van der Waals surface area (Å²) >= 11 is 0. The van der Waals surface area contributed by atoms with Crippen molar-refractivity contribution in [1.29, 1.82) is 0 Å². The van der Waals surface area contributed by atoms with Gasteiger partial charge in [0.15, 0.2) is 11.5 Å². The largest absolute Gasteiger partial charge is 0.493 e. The summed E-state index contributed by atoms with van der Waals surface area (Å²) in [6, 6.07) is 10.4. The van der Waals surface area contributed by atoms with E-state index in [-0.39, 0.29) is 5.82 Å². The van der Waals surface area contributed by atoms with Gasteiger partial charge in [0.1, 0.15) is 5.82 Å². The SMILES string of the molecule is COc1cc2c(cc1OC)CC(NCC(O)c1ccc(F)cc1)CC2. The third-order valence-corrected chi connectivity index (χ3v) is 4.79. The minimum Gasteiger partial charge on any atom is -0.493 e. The Bertz CT molecular complexity index is 718. The fourth-order valence-electron chi connectivity index (χ4n) is 3.34. The second-order valence-electron chi connectivity index (χ2n) is 6.39. The molecule has 2 aromatic carbocycles. The Morgan fingerprint density at radius 2 is 1.76 bits per heavy atom. The molecule has 0 amide bonds. The topological polar surface area (TPSA) is 50.7 Å². The Hall–Kier alpha value is -2.11. The predicted octanol–water partition coefficient (Wildman–Crippen LogP) is 3.02. The van der Waals surface area contributed by atoms with Crippen molar-refractivity contribution in [3.05, 3.63) is 58.9 Å². The molecule has 134 valence electrons. The van der Waals surface area contributed by atoms with Gasteiger partial charge in [-0.3, -0.25) is 0 Å². The Kier molecular flexibility index (Phi) is 5.56. The Labute approximate surface area is 147 Å². The van der Waals surface area contributed by atoms with Gasteiger partial charge in [-0.1, -0.05) is 12.1 Å². The number of hydrogen-bond acceptors (Lipinski definition) is 4. The van der Waals surface area contributed by atoms with Crippen molar-refractivity contribution in [2.24, 2.45) is 0 Å². The van der Waals surface area contributed by atoms with Crippen molar-refractivity contribution in [1.82, 2.24) is 5.32 Å². The van der Waals surface area contributed by atoms with Gasteiger partial charge in [0.25, 0.3) is 0 Å². The maximum Gasteiger partial charge on any atom is 0.161 e. The van der Waals surface area contributed by atoms with Gasteiger partial charge in [-0.25, -0.2) is 4.39 Å². The molecule has 25 heavy (non-hydrogen) atoms. The molecular formula is C20H24FNO3. The normalized spacial score (nSPS) is 17.7. The number of rotatable bonds is 6. The maximum absolute atomic E-state index is 13.0. The van der Waals surface area contributed by atoms with Gasteiger partial charge in [0.2, 0.25) is 0 Å². The summed E-state index contributed by atoms with van der Waals surface area (Å²) in [6.45, 7) is 0.443. The Morgan fingerprint density at radius 1 is 1.12 bits per heavy atom. The number of aliphatic hydroxyl groups excluding tert-OH is 1. The molecule has 0 saturated carbocycles. The maximum atomic E-state index is 13.0. The highest BCUT2D eigenvalue weighted by atomic mass is 19.1. The molecular weight excluding hydrogens is 321 g/mol. The molecule has 0 bridgehead atoms. The minimum absolute atomic E-state index is 0.292. The van der Waals surface area contributed by atoms with E-state index in [0.29, 0.717) is 12.6 Å². The first-order valence-electron chi connectivity index (χ1n) is 8.51. The lowest BCUT2D eigenvalue weighted by molar-refractivity contribution is 0.168. The molecule has 0 aromatic heterocycles. The van der Waals surface area contributed by atoms with E-state index in [1.54, 1.807) is 26.4 Å². The van der Waals surface area contributed by atoms with Crippen LogP contribution in [0.2, 0.25) is 0 Å². The smallest absolute Gasteiger partial charge is 0.161 e. The summed E-state index contributed by atoms with van der Waals surface area (Å²) in [7, 11) is 3.29. The van der Waals surface area contributed by atoms with Crippen molar-refractivity contribution in [2.45, 2.75) is 31.4 Å². The fraction of sp³-hybridized carbons (Fsp3) is 0.400. The van der Waals surface area contributed by atoms with Crippen LogP contribution < -0.4 is 14.8 Å². The van der Waals surface area contributed by atoms with Crippen LogP contribution in [0.5, 0.6) is 11.5 Å². The van der Waals surface area contributed by atoms with Crippen LogP contribution in [0.1, 0.15) is 29.2 Å². The van der Waals surface area contributed by atoms with Crippen LogP contribution in [0.3, 0.4) is 0 Å². The van der Waals surface area contributed by atoms with Crippen LogP contribution in [0.25, 0.3) is 0 Å². The molecule has 2 unspecified atom stereocenters. The number of ether oxygens (including phenoxy) is 2. The van der Waals surface area contributed by atoms with Gasteiger partial charge in [0, 0.05) is 12.6 Å². The molecule has 0 radical (unpaired) electrons. The van der Waals surface area contributed by atoms with E-state index < -0.39 is 6.10 Å². The van der Waals surface area contributed by atoms with Crippen LogP contribution in [0.15, 0.2) is 36.4 Å². The lowest BCUT2D eigenvalue weighted by Gasteiger charge is -2.27. The zero-order chi connectivity index (χ0) is 17.8. The molecule has 3 rings (SSSR count). The van der Waals surface area contributed by atoms with Crippen molar-refractivity contribution in [2.75, 3.05) is 20.8 Å².